The van der Waals surface area contributed by atoms with Gasteiger partial charge < -0.3 is 24.4 Å². The van der Waals surface area contributed by atoms with Gasteiger partial charge >= 0.3 is 17.9 Å². The van der Waals surface area contributed by atoms with Crippen molar-refractivity contribution in [2.24, 2.45) is 0 Å². The van der Waals surface area contributed by atoms with Crippen LogP contribution in [0, 0.1) is 0 Å². The summed E-state index contributed by atoms with van der Waals surface area (Å²) in [6.45, 7) is 1.58. The molecule has 0 saturated carbocycles. The van der Waals surface area contributed by atoms with Gasteiger partial charge in [0.2, 0.25) is 0 Å². The fourth-order valence-corrected chi connectivity index (χ4v) is 2.58. The van der Waals surface area contributed by atoms with E-state index in [2.05, 4.69) is 0 Å². The molecular formula is C18H20O8. The molecule has 26 heavy (non-hydrogen) atoms. The number of carbonyl (C=O) groups excluding carboxylic acids is 3. The molecule has 0 aromatic heterocycles. The van der Waals surface area contributed by atoms with Gasteiger partial charge in [-0.1, -0.05) is 24.3 Å². The van der Waals surface area contributed by atoms with Crippen LogP contribution in [0.5, 0.6) is 0 Å². The number of aliphatic hydroxyl groups excluding tert-OH is 1. The Kier molecular flexibility index (Phi) is 6.12. The first-order valence-electron chi connectivity index (χ1n) is 7.89. The number of carbonyl (C=O) groups is 3. The zero-order valence-corrected chi connectivity index (χ0v) is 14.3. The van der Waals surface area contributed by atoms with Crippen molar-refractivity contribution in [3.63, 3.8) is 0 Å². The molecule has 0 radical (unpaired) electrons. The lowest BCUT2D eigenvalue weighted by atomic mass is 9.82. The average Bonchev–Trinajstić information content (AvgIpc) is 2.60. The maximum Gasteiger partial charge on any atom is 0.338 e. The largest absolute Gasteiger partial charge is 0.459 e. The Hall–Kier alpha value is -2.71. The second-order valence-electron chi connectivity index (χ2n) is 5.87. The molecule has 0 amide bonds. The van der Waals surface area contributed by atoms with E-state index in [1.165, 1.54) is 24.3 Å². The molecule has 0 spiro atoms. The van der Waals surface area contributed by atoms with Gasteiger partial charge in [0.1, 0.15) is 12.7 Å². The highest BCUT2D eigenvalue weighted by Gasteiger charge is 2.53. The first kappa shape index (κ1) is 19.6. The lowest BCUT2D eigenvalue weighted by Gasteiger charge is -2.42. The molecule has 140 valence electrons. The summed E-state index contributed by atoms with van der Waals surface area (Å²) in [5, 5.41) is 21.1. The number of aliphatic hydroxyl groups is 2. The van der Waals surface area contributed by atoms with E-state index in [9.17, 15) is 24.6 Å². The molecule has 0 bridgehead atoms. The molecule has 2 rings (SSSR count). The minimum atomic E-state index is -2.19. The van der Waals surface area contributed by atoms with Crippen LogP contribution in [0.15, 0.2) is 42.5 Å². The third-order valence-corrected chi connectivity index (χ3v) is 3.83. The Labute approximate surface area is 150 Å². The van der Waals surface area contributed by atoms with Gasteiger partial charge in [-0.2, -0.15) is 0 Å². The van der Waals surface area contributed by atoms with Crippen molar-refractivity contribution < 1.29 is 38.8 Å². The van der Waals surface area contributed by atoms with E-state index in [0.29, 0.717) is 0 Å². The summed E-state index contributed by atoms with van der Waals surface area (Å²) in [5.74, 6) is -2.16. The van der Waals surface area contributed by atoms with Gasteiger partial charge in [0, 0.05) is 13.8 Å². The van der Waals surface area contributed by atoms with Gasteiger partial charge in [-0.3, -0.25) is 9.59 Å². The van der Waals surface area contributed by atoms with Crippen LogP contribution >= 0.6 is 0 Å². The van der Waals surface area contributed by atoms with Gasteiger partial charge in [-0.05, 0) is 18.2 Å². The van der Waals surface area contributed by atoms with Gasteiger partial charge in [-0.15, -0.1) is 0 Å². The molecule has 0 heterocycles. The number of hydrogen-bond donors (Lipinski definition) is 2. The molecule has 8 nitrogen and oxygen atoms in total. The van der Waals surface area contributed by atoms with Gasteiger partial charge in [-0.25, -0.2) is 4.79 Å². The number of esters is 3. The van der Waals surface area contributed by atoms with E-state index in [1.54, 1.807) is 18.2 Å². The van der Waals surface area contributed by atoms with Crippen molar-refractivity contribution in [1.29, 1.82) is 0 Å². The third kappa shape index (κ3) is 4.47. The monoisotopic (exact) mass is 364 g/mol. The number of ether oxygens (including phenoxy) is 3. The van der Waals surface area contributed by atoms with Crippen LogP contribution in [0.4, 0.5) is 0 Å². The molecule has 0 saturated heterocycles. The predicted octanol–water partition coefficient (Wildman–Crippen LogP) is 0.369. The van der Waals surface area contributed by atoms with Crippen molar-refractivity contribution in [3.05, 3.63) is 48.0 Å². The predicted molar refractivity (Wildman–Crippen MR) is 87.9 cm³/mol. The standard InChI is InChI=1S/C18H20O8/c1-11(19)25-14-8-9-15(21)18(23,16(14)26-12(2)20)10-24-17(22)13-6-4-3-5-7-13/h3-9,14-16,21,23H,10H2,1-2H3/t14?,15-,16?,18-/m1/s1. The maximum absolute atomic E-state index is 12.1. The Morgan fingerprint density at radius 3 is 2.23 bits per heavy atom. The summed E-state index contributed by atoms with van der Waals surface area (Å²) >= 11 is 0. The molecule has 4 atom stereocenters. The van der Waals surface area contributed by atoms with Crippen LogP contribution in [0.1, 0.15) is 24.2 Å². The summed E-state index contributed by atoms with van der Waals surface area (Å²) < 4.78 is 15.2. The second kappa shape index (κ2) is 8.11. The topological polar surface area (TPSA) is 119 Å². The Bertz CT molecular complexity index is 698. The number of rotatable bonds is 5. The number of benzene rings is 1. The molecule has 1 aliphatic carbocycles. The smallest absolute Gasteiger partial charge is 0.338 e. The maximum atomic E-state index is 12.1. The van der Waals surface area contributed by atoms with E-state index in [0.717, 1.165) is 13.8 Å². The van der Waals surface area contributed by atoms with Crippen LogP contribution in [0.3, 0.4) is 0 Å². The van der Waals surface area contributed by atoms with Crippen LogP contribution in [0.2, 0.25) is 0 Å². The van der Waals surface area contributed by atoms with Crippen molar-refractivity contribution in [2.75, 3.05) is 6.61 Å². The van der Waals surface area contributed by atoms with E-state index < -0.39 is 48.4 Å². The summed E-state index contributed by atoms with van der Waals surface area (Å²) in [6, 6.07) is 8.05. The van der Waals surface area contributed by atoms with Crippen molar-refractivity contribution in [2.45, 2.75) is 37.8 Å². The lowest BCUT2D eigenvalue weighted by molar-refractivity contribution is -0.211. The zero-order chi connectivity index (χ0) is 19.3. The first-order valence-corrected chi connectivity index (χ1v) is 7.89. The number of hydrogen-bond acceptors (Lipinski definition) is 8. The lowest BCUT2D eigenvalue weighted by Crippen LogP contribution is -2.63. The van der Waals surface area contributed by atoms with E-state index >= 15 is 0 Å². The Balaban J connectivity index is 2.22. The molecule has 1 aliphatic rings. The Morgan fingerprint density at radius 1 is 1.04 bits per heavy atom. The Morgan fingerprint density at radius 2 is 1.65 bits per heavy atom. The fraction of sp³-hybridized carbons (Fsp3) is 0.389. The molecular weight excluding hydrogens is 344 g/mol. The normalized spacial score (nSPS) is 27.5. The van der Waals surface area contributed by atoms with Crippen LogP contribution < -0.4 is 0 Å². The SMILES string of the molecule is CC(=O)OC1C=C[C@@H](O)[C@](O)(COC(=O)c2ccccc2)C1OC(C)=O. The van der Waals surface area contributed by atoms with Crippen molar-refractivity contribution >= 4 is 17.9 Å². The quantitative estimate of drug-likeness (QED) is 0.437. The van der Waals surface area contributed by atoms with Gasteiger partial charge in [0.15, 0.2) is 17.8 Å². The summed E-state index contributed by atoms with van der Waals surface area (Å²) in [6.07, 6.45) is -1.62. The van der Waals surface area contributed by atoms with Gasteiger partial charge in [0.25, 0.3) is 0 Å². The van der Waals surface area contributed by atoms with Crippen LogP contribution in [-0.2, 0) is 23.8 Å². The molecule has 2 unspecified atom stereocenters. The van der Waals surface area contributed by atoms with Crippen molar-refractivity contribution in [3.8, 4) is 0 Å². The molecule has 8 heteroatoms. The first-order chi connectivity index (χ1) is 12.2. The van der Waals surface area contributed by atoms with Crippen LogP contribution in [0.25, 0.3) is 0 Å². The summed E-state index contributed by atoms with van der Waals surface area (Å²) in [4.78, 5) is 34.8. The minimum Gasteiger partial charge on any atom is -0.459 e. The summed E-state index contributed by atoms with van der Waals surface area (Å²) in [7, 11) is 0. The average molecular weight is 364 g/mol. The zero-order valence-electron chi connectivity index (χ0n) is 14.3. The van der Waals surface area contributed by atoms with Gasteiger partial charge in [0.05, 0.1) is 5.56 Å². The highest BCUT2D eigenvalue weighted by Crippen LogP contribution is 2.30. The molecule has 0 aliphatic heterocycles. The van der Waals surface area contributed by atoms with Crippen molar-refractivity contribution in [1.82, 2.24) is 0 Å². The highest BCUT2D eigenvalue weighted by molar-refractivity contribution is 5.89. The molecule has 1 aromatic rings. The third-order valence-electron chi connectivity index (χ3n) is 3.83. The minimum absolute atomic E-state index is 0.248. The molecule has 1 aromatic carbocycles. The molecule has 0 fully saturated rings. The van der Waals surface area contributed by atoms with E-state index in [4.69, 9.17) is 14.2 Å². The fourth-order valence-electron chi connectivity index (χ4n) is 2.58. The van der Waals surface area contributed by atoms with Crippen LogP contribution in [-0.4, -0.2) is 58.6 Å². The second-order valence-corrected chi connectivity index (χ2v) is 5.87. The summed E-state index contributed by atoms with van der Waals surface area (Å²) in [5.41, 5.74) is -1.94. The van der Waals surface area contributed by atoms with E-state index in [-0.39, 0.29) is 5.56 Å². The highest BCUT2D eigenvalue weighted by atomic mass is 16.6. The molecule has 2 N–H and O–H groups in total. The van der Waals surface area contributed by atoms with E-state index in [1.807, 2.05) is 0 Å².